The standard InChI is InChI=1S/C21H25.C9H13.2ClH.Zr/c1-20(2,3)16-7-9-18-14(12-16)11-15-13-17(21(4,5)6)8-10-19(15)18;1-3-8-6-5-7-9(8)4-2;;;/h7-13H,1-6H3;6H,3-5H2,1-2H3;2*1H;/q2*-1;;;+4/p-2. The molecule has 3 aromatic rings. The molecule has 0 spiro atoms. The molecule has 0 atom stereocenters. The summed E-state index contributed by atoms with van der Waals surface area (Å²) in [4.78, 5) is 0. The van der Waals surface area contributed by atoms with Crippen LogP contribution in [0.4, 0.5) is 0 Å². The van der Waals surface area contributed by atoms with Crippen LogP contribution in [0.15, 0.2) is 59.7 Å². The van der Waals surface area contributed by atoms with Gasteiger partial charge in [-0.05, 0) is 10.8 Å². The van der Waals surface area contributed by atoms with Gasteiger partial charge in [0.15, 0.2) is 0 Å². The van der Waals surface area contributed by atoms with Crippen molar-refractivity contribution in [2.45, 2.75) is 85.5 Å². The van der Waals surface area contributed by atoms with E-state index in [1.807, 2.05) is 0 Å². The van der Waals surface area contributed by atoms with Gasteiger partial charge in [-0.1, -0.05) is 104 Å². The molecule has 33 heavy (non-hydrogen) atoms. The Morgan fingerprint density at radius 2 is 1.21 bits per heavy atom. The molecule has 0 aliphatic heterocycles. The molecule has 0 N–H and O–H groups in total. The van der Waals surface area contributed by atoms with E-state index in [4.69, 9.17) is 0 Å². The monoisotopic (exact) mass is 558 g/mol. The van der Waals surface area contributed by atoms with Crippen molar-refractivity contribution >= 4 is 21.5 Å². The maximum Gasteiger partial charge on any atom is 4.00 e. The average Bonchev–Trinajstić information content (AvgIpc) is 3.29. The average molecular weight is 561 g/mol. The molecule has 0 bridgehead atoms. The van der Waals surface area contributed by atoms with E-state index in [9.17, 15) is 0 Å². The third-order valence-corrected chi connectivity index (χ3v) is 6.22. The van der Waals surface area contributed by atoms with Crippen molar-refractivity contribution in [3.05, 3.63) is 76.9 Å². The first-order valence-electron chi connectivity index (χ1n) is 11.5. The van der Waals surface area contributed by atoms with Crippen LogP contribution in [0, 0.1) is 6.08 Å². The zero-order valence-electron chi connectivity index (χ0n) is 21.5. The predicted octanol–water partition coefficient (Wildman–Crippen LogP) is 3.18. The van der Waals surface area contributed by atoms with Crippen LogP contribution < -0.4 is 24.8 Å². The van der Waals surface area contributed by atoms with Crippen LogP contribution in [-0.2, 0) is 37.0 Å². The molecule has 0 amide bonds. The molecule has 4 rings (SSSR count). The number of hydrogen-bond acceptors (Lipinski definition) is 0. The second-order valence-corrected chi connectivity index (χ2v) is 10.5. The summed E-state index contributed by atoms with van der Waals surface area (Å²) in [7, 11) is 0. The Hall–Kier alpha value is -0.747. The number of halogens is 2. The molecular weight excluding hydrogens is 522 g/mol. The normalized spacial score (nSPS) is 13.2. The van der Waals surface area contributed by atoms with Crippen molar-refractivity contribution in [2.24, 2.45) is 0 Å². The van der Waals surface area contributed by atoms with E-state index in [1.165, 1.54) is 50.2 Å². The largest absolute Gasteiger partial charge is 4.00 e. The molecule has 0 unspecified atom stereocenters. The minimum atomic E-state index is 0. The fourth-order valence-corrected chi connectivity index (χ4v) is 4.20. The van der Waals surface area contributed by atoms with Crippen LogP contribution in [0.25, 0.3) is 21.5 Å². The third-order valence-electron chi connectivity index (χ3n) is 6.22. The number of hydrogen-bond donors (Lipinski definition) is 0. The summed E-state index contributed by atoms with van der Waals surface area (Å²) >= 11 is 0. The Labute approximate surface area is 233 Å². The van der Waals surface area contributed by atoms with Crippen LogP contribution in [0.1, 0.15) is 85.8 Å². The first-order chi connectivity index (χ1) is 14.0. The quantitative estimate of drug-likeness (QED) is 0.423. The minimum Gasteiger partial charge on any atom is -1.00 e. The Morgan fingerprint density at radius 3 is 1.55 bits per heavy atom. The van der Waals surface area contributed by atoms with Gasteiger partial charge >= 0.3 is 26.2 Å². The Bertz CT molecular complexity index is 1020. The van der Waals surface area contributed by atoms with Gasteiger partial charge in [-0.2, -0.15) is 11.6 Å². The fraction of sp³-hybridized carbons (Fsp3) is 0.433. The minimum absolute atomic E-state index is 0. The van der Waals surface area contributed by atoms with Crippen LogP contribution in [0.5, 0.6) is 0 Å². The van der Waals surface area contributed by atoms with E-state index < -0.39 is 0 Å². The molecule has 0 fully saturated rings. The molecular formula is C30H38Cl2Zr. The SMILES string of the molecule is CC(C)(C)c1ccc2c(c1)[cH-]c1cc(C(C)(C)C)ccc12.CCC1=[C-]CC=C1CC.[Cl-].[Cl-].[Zr+4]. The van der Waals surface area contributed by atoms with Gasteiger partial charge in [0, 0.05) is 0 Å². The van der Waals surface area contributed by atoms with Crippen LogP contribution >= 0.6 is 0 Å². The van der Waals surface area contributed by atoms with Crippen molar-refractivity contribution in [1.82, 2.24) is 0 Å². The zero-order valence-corrected chi connectivity index (χ0v) is 25.5. The van der Waals surface area contributed by atoms with Gasteiger partial charge < -0.3 is 24.8 Å². The maximum absolute atomic E-state index is 3.33. The van der Waals surface area contributed by atoms with Gasteiger partial charge in [-0.15, -0.1) is 46.2 Å². The first kappa shape index (κ1) is 32.3. The van der Waals surface area contributed by atoms with Crippen molar-refractivity contribution in [3.8, 4) is 0 Å². The van der Waals surface area contributed by atoms with Crippen molar-refractivity contribution < 1.29 is 51.0 Å². The molecule has 1 aliphatic carbocycles. The summed E-state index contributed by atoms with van der Waals surface area (Å²) in [6.45, 7) is 18.0. The molecule has 0 nitrogen and oxygen atoms in total. The first-order valence-corrected chi connectivity index (χ1v) is 11.5. The Kier molecular flexibility index (Phi) is 12.5. The number of benzene rings is 2. The molecule has 0 saturated carbocycles. The predicted molar refractivity (Wildman–Crippen MR) is 134 cm³/mol. The van der Waals surface area contributed by atoms with E-state index in [1.54, 1.807) is 0 Å². The Morgan fingerprint density at radius 1 is 0.758 bits per heavy atom. The van der Waals surface area contributed by atoms with Crippen LogP contribution in [0.3, 0.4) is 0 Å². The van der Waals surface area contributed by atoms with Gasteiger partial charge in [-0.3, -0.25) is 6.08 Å². The van der Waals surface area contributed by atoms with Crippen LogP contribution in [-0.4, -0.2) is 0 Å². The van der Waals surface area contributed by atoms with Gasteiger partial charge in [0.05, 0.1) is 0 Å². The molecule has 176 valence electrons. The van der Waals surface area contributed by atoms with E-state index in [2.05, 4.69) is 110 Å². The molecule has 3 aromatic carbocycles. The zero-order chi connectivity index (χ0) is 22.1. The van der Waals surface area contributed by atoms with E-state index in [-0.39, 0.29) is 61.8 Å². The van der Waals surface area contributed by atoms with E-state index in [0.717, 1.165) is 12.8 Å². The molecule has 1 aliphatic rings. The summed E-state index contributed by atoms with van der Waals surface area (Å²) in [5, 5.41) is 5.48. The summed E-state index contributed by atoms with van der Waals surface area (Å²) in [5.41, 5.74) is 6.17. The molecule has 0 saturated heterocycles. The smallest absolute Gasteiger partial charge is 1.00 e. The van der Waals surface area contributed by atoms with E-state index in [0.29, 0.717) is 0 Å². The Balaban J connectivity index is 0.000000733. The molecule has 3 heteroatoms. The second kappa shape index (κ2) is 12.8. The molecule has 0 radical (unpaired) electrons. The summed E-state index contributed by atoms with van der Waals surface area (Å²) in [6.07, 6.45) is 8.99. The topological polar surface area (TPSA) is 0 Å². The second-order valence-electron chi connectivity index (χ2n) is 10.5. The number of allylic oxidation sites excluding steroid dienone is 4. The summed E-state index contributed by atoms with van der Waals surface area (Å²) in [6, 6.07) is 16.2. The molecule has 0 aromatic heterocycles. The summed E-state index contributed by atoms with van der Waals surface area (Å²) in [5.74, 6) is 0. The van der Waals surface area contributed by atoms with Crippen molar-refractivity contribution in [3.63, 3.8) is 0 Å². The van der Waals surface area contributed by atoms with Crippen LogP contribution in [0.2, 0.25) is 0 Å². The van der Waals surface area contributed by atoms with Gasteiger partial charge in [0.1, 0.15) is 0 Å². The summed E-state index contributed by atoms with van der Waals surface area (Å²) < 4.78 is 0. The maximum atomic E-state index is 3.33. The van der Waals surface area contributed by atoms with E-state index >= 15 is 0 Å². The van der Waals surface area contributed by atoms with Crippen molar-refractivity contribution in [2.75, 3.05) is 0 Å². The number of rotatable bonds is 2. The van der Waals surface area contributed by atoms with Gasteiger partial charge in [0.2, 0.25) is 0 Å². The third kappa shape index (κ3) is 7.62. The van der Waals surface area contributed by atoms with Crippen molar-refractivity contribution in [1.29, 1.82) is 0 Å². The fourth-order valence-electron chi connectivity index (χ4n) is 4.20. The number of fused-ring (bicyclic) bond motifs is 3. The van der Waals surface area contributed by atoms with Gasteiger partial charge in [-0.25, -0.2) is 5.57 Å². The molecule has 0 heterocycles. The van der Waals surface area contributed by atoms with Gasteiger partial charge in [0.25, 0.3) is 0 Å².